The van der Waals surface area contributed by atoms with Crippen LogP contribution in [0, 0.1) is 6.92 Å². The molecule has 96 valence electrons. The van der Waals surface area contributed by atoms with E-state index >= 15 is 0 Å². The van der Waals surface area contributed by atoms with E-state index in [-0.39, 0.29) is 5.60 Å². The van der Waals surface area contributed by atoms with Crippen LogP contribution in [0.25, 0.3) is 0 Å². The molecule has 0 radical (unpaired) electrons. The predicted octanol–water partition coefficient (Wildman–Crippen LogP) is 1.87. The lowest BCUT2D eigenvalue weighted by Crippen LogP contribution is -2.19. The van der Waals surface area contributed by atoms with E-state index in [4.69, 9.17) is 4.84 Å². The molecule has 1 unspecified atom stereocenters. The Balaban J connectivity index is 1.86. The number of hydrogen-bond acceptors (Lipinski definition) is 5. The van der Waals surface area contributed by atoms with Gasteiger partial charge in [-0.15, -0.1) is 11.8 Å². The number of nitrogens with zero attached hydrogens (tertiary/aromatic N) is 3. The standard InChI is InChI=1S/C11H20N4OS/c1-5-15-8(2)12-9(13-15)7-17-10-6-11(3,4)16-14-10/h10,14H,5-7H2,1-4H3. The molecule has 1 saturated heterocycles. The molecule has 2 rings (SSSR count). The van der Waals surface area contributed by atoms with Crippen LogP contribution >= 0.6 is 11.8 Å². The summed E-state index contributed by atoms with van der Waals surface area (Å²) in [5.74, 6) is 2.71. The lowest BCUT2D eigenvalue weighted by atomic mass is 10.1. The van der Waals surface area contributed by atoms with E-state index in [9.17, 15) is 0 Å². The number of aryl methyl sites for hydroxylation is 2. The van der Waals surface area contributed by atoms with Crippen LogP contribution in [-0.4, -0.2) is 25.7 Å². The lowest BCUT2D eigenvalue weighted by molar-refractivity contribution is -0.0279. The van der Waals surface area contributed by atoms with Gasteiger partial charge in [0.05, 0.1) is 16.7 Å². The molecule has 1 N–H and O–H groups in total. The summed E-state index contributed by atoms with van der Waals surface area (Å²) in [5, 5.41) is 4.77. The number of hydroxylamine groups is 1. The van der Waals surface area contributed by atoms with Gasteiger partial charge in [-0.3, -0.25) is 9.52 Å². The van der Waals surface area contributed by atoms with Gasteiger partial charge in [0, 0.05) is 13.0 Å². The molecule has 0 spiro atoms. The molecule has 2 heterocycles. The number of nitrogens with one attached hydrogen (secondary N) is 1. The molecule has 6 heteroatoms. The van der Waals surface area contributed by atoms with E-state index in [1.807, 2.05) is 11.6 Å². The molecule has 0 aromatic carbocycles. The van der Waals surface area contributed by atoms with E-state index in [1.54, 1.807) is 11.8 Å². The maximum atomic E-state index is 5.47. The highest BCUT2D eigenvalue weighted by molar-refractivity contribution is 7.99. The van der Waals surface area contributed by atoms with Crippen molar-refractivity contribution >= 4 is 11.8 Å². The Morgan fingerprint density at radius 2 is 2.35 bits per heavy atom. The molecule has 5 nitrogen and oxygen atoms in total. The van der Waals surface area contributed by atoms with Crippen molar-refractivity contribution in [2.24, 2.45) is 0 Å². The van der Waals surface area contributed by atoms with E-state index in [2.05, 4.69) is 36.3 Å². The third kappa shape index (κ3) is 3.20. The molecule has 0 bridgehead atoms. The first-order valence-corrected chi connectivity index (χ1v) is 7.00. The monoisotopic (exact) mass is 256 g/mol. The van der Waals surface area contributed by atoms with Crippen LogP contribution < -0.4 is 5.48 Å². The highest BCUT2D eigenvalue weighted by atomic mass is 32.2. The fraction of sp³-hybridized carbons (Fsp3) is 0.818. The van der Waals surface area contributed by atoms with Gasteiger partial charge in [-0.2, -0.15) is 10.6 Å². The Labute approximate surface area is 106 Å². The molecule has 0 amide bonds. The van der Waals surface area contributed by atoms with Crippen LogP contribution in [0.15, 0.2) is 0 Å². The first-order valence-electron chi connectivity index (χ1n) is 5.95. The van der Waals surface area contributed by atoms with Gasteiger partial charge in [-0.1, -0.05) is 0 Å². The van der Waals surface area contributed by atoms with Gasteiger partial charge in [-0.25, -0.2) is 4.98 Å². The highest BCUT2D eigenvalue weighted by Crippen LogP contribution is 2.29. The highest BCUT2D eigenvalue weighted by Gasteiger charge is 2.32. The van der Waals surface area contributed by atoms with E-state index < -0.39 is 0 Å². The Hall–Kier alpha value is -0.590. The molecule has 1 atom stereocenters. The Morgan fingerprint density at radius 1 is 1.59 bits per heavy atom. The van der Waals surface area contributed by atoms with Crippen molar-refractivity contribution in [2.75, 3.05) is 0 Å². The van der Waals surface area contributed by atoms with E-state index in [0.717, 1.165) is 30.4 Å². The Kier molecular flexibility index (Phi) is 3.75. The van der Waals surface area contributed by atoms with Crippen LogP contribution in [0.2, 0.25) is 0 Å². The topological polar surface area (TPSA) is 52.0 Å². The maximum absolute atomic E-state index is 5.47. The number of rotatable bonds is 4. The minimum atomic E-state index is -0.0657. The third-order valence-corrected chi connectivity index (χ3v) is 3.85. The molecule has 1 fully saturated rings. The van der Waals surface area contributed by atoms with Crippen molar-refractivity contribution in [3.05, 3.63) is 11.6 Å². The second kappa shape index (κ2) is 4.96. The second-order valence-corrected chi connectivity index (χ2v) is 6.07. The van der Waals surface area contributed by atoms with Crippen molar-refractivity contribution in [2.45, 2.75) is 57.4 Å². The van der Waals surface area contributed by atoms with Crippen LogP contribution in [0.4, 0.5) is 0 Å². The molecule has 1 aromatic rings. The summed E-state index contributed by atoms with van der Waals surface area (Å²) >= 11 is 1.80. The smallest absolute Gasteiger partial charge is 0.160 e. The van der Waals surface area contributed by atoms with Gasteiger partial charge in [0.2, 0.25) is 0 Å². The quantitative estimate of drug-likeness (QED) is 0.891. The average molecular weight is 256 g/mol. The summed E-state index contributed by atoms with van der Waals surface area (Å²) in [4.78, 5) is 9.92. The number of hydrogen-bond donors (Lipinski definition) is 1. The van der Waals surface area contributed by atoms with Gasteiger partial charge in [0.15, 0.2) is 5.82 Å². The van der Waals surface area contributed by atoms with Crippen LogP contribution in [0.1, 0.15) is 38.8 Å². The van der Waals surface area contributed by atoms with Gasteiger partial charge in [-0.05, 0) is 27.7 Å². The van der Waals surface area contributed by atoms with Crippen molar-refractivity contribution in [1.29, 1.82) is 0 Å². The van der Waals surface area contributed by atoms with Crippen LogP contribution in [-0.2, 0) is 17.1 Å². The van der Waals surface area contributed by atoms with Gasteiger partial charge < -0.3 is 0 Å². The molecular formula is C11H20N4OS. The minimum Gasteiger partial charge on any atom is -0.295 e. The first kappa shape index (κ1) is 12.9. The van der Waals surface area contributed by atoms with E-state index in [1.165, 1.54) is 0 Å². The predicted molar refractivity (Wildman–Crippen MR) is 68.4 cm³/mol. The number of aromatic nitrogens is 3. The van der Waals surface area contributed by atoms with Crippen molar-refractivity contribution in [3.63, 3.8) is 0 Å². The van der Waals surface area contributed by atoms with E-state index in [0.29, 0.717) is 5.37 Å². The van der Waals surface area contributed by atoms with Gasteiger partial charge >= 0.3 is 0 Å². The Bertz CT molecular complexity index is 391. The summed E-state index contributed by atoms with van der Waals surface area (Å²) in [7, 11) is 0. The van der Waals surface area contributed by atoms with Crippen molar-refractivity contribution < 1.29 is 4.84 Å². The first-order chi connectivity index (χ1) is 8.00. The second-order valence-electron chi connectivity index (χ2n) is 4.87. The summed E-state index contributed by atoms with van der Waals surface area (Å²) in [6.07, 6.45) is 1.01. The third-order valence-electron chi connectivity index (χ3n) is 2.76. The fourth-order valence-corrected chi connectivity index (χ4v) is 2.97. The normalized spacial score (nSPS) is 23.2. The molecule has 17 heavy (non-hydrogen) atoms. The molecule has 1 aromatic heterocycles. The average Bonchev–Trinajstić information content (AvgIpc) is 2.78. The van der Waals surface area contributed by atoms with Crippen molar-refractivity contribution in [3.8, 4) is 0 Å². The SMILES string of the molecule is CCn1nc(CSC2CC(C)(C)ON2)nc1C. The summed E-state index contributed by atoms with van der Waals surface area (Å²) in [6.45, 7) is 9.13. The van der Waals surface area contributed by atoms with Gasteiger partial charge in [0.1, 0.15) is 5.82 Å². The Morgan fingerprint density at radius 3 is 2.88 bits per heavy atom. The summed E-state index contributed by atoms with van der Waals surface area (Å²) in [5.41, 5.74) is 2.99. The molecule has 1 aliphatic heterocycles. The zero-order valence-electron chi connectivity index (χ0n) is 10.9. The van der Waals surface area contributed by atoms with Crippen LogP contribution in [0.3, 0.4) is 0 Å². The molecule has 1 aliphatic rings. The summed E-state index contributed by atoms with van der Waals surface area (Å²) in [6, 6.07) is 0. The zero-order valence-corrected chi connectivity index (χ0v) is 11.7. The summed E-state index contributed by atoms with van der Waals surface area (Å²) < 4.78 is 1.93. The largest absolute Gasteiger partial charge is 0.295 e. The van der Waals surface area contributed by atoms with Crippen LogP contribution in [0.5, 0.6) is 0 Å². The zero-order chi connectivity index (χ0) is 12.5. The fourth-order valence-electron chi connectivity index (χ4n) is 1.86. The van der Waals surface area contributed by atoms with Crippen molar-refractivity contribution in [1.82, 2.24) is 20.2 Å². The van der Waals surface area contributed by atoms with Gasteiger partial charge in [0.25, 0.3) is 0 Å². The number of thioether (sulfide) groups is 1. The molecule has 0 aliphatic carbocycles. The molecular weight excluding hydrogens is 236 g/mol. The minimum absolute atomic E-state index is 0.0657. The lowest BCUT2D eigenvalue weighted by Gasteiger charge is -2.12. The molecule has 0 saturated carbocycles. The maximum Gasteiger partial charge on any atom is 0.160 e.